The highest BCUT2D eigenvalue weighted by molar-refractivity contribution is 5.66. The first kappa shape index (κ1) is 9.71. The van der Waals surface area contributed by atoms with Crippen LogP contribution in [0.5, 0.6) is 5.75 Å². The van der Waals surface area contributed by atoms with Crippen molar-refractivity contribution >= 4 is 0 Å². The third-order valence-electron chi connectivity index (χ3n) is 2.38. The quantitative estimate of drug-likeness (QED) is 0.741. The first-order chi connectivity index (χ1) is 7.31. The Bertz CT molecular complexity index is 451. The van der Waals surface area contributed by atoms with Gasteiger partial charge < -0.3 is 4.74 Å². The van der Waals surface area contributed by atoms with Gasteiger partial charge in [0.25, 0.3) is 0 Å². The van der Waals surface area contributed by atoms with E-state index in [0.29, 0.717) is 0 Å². The van der Waals surface area contributed by atoms with E-state index in [1.54, 1.807) is 13.3 Å². The lowest BCUT2D eigenvalue weighted by Crippen LogP contribution is -1.90. The second kappa shape index (κ2) is 4.13. The van der Waals surface area contributed by atoms with Crippen LogP contribution in [0.3, 0.4) is 0 Å². The number of hydrogen-bond acceptors (Lipinski definition) is 2. The number of aromatic nitrogens is 1. The topological polar surface area (TPSA) is 22.1 Å². The minimum absolute atomic E-state index is 0.791. The maximum absolute atomic E-state index is 5.17. The maximum atomic E-state index is 5.17. The smallest absolute Gasteiger partial charge is 0.137 e. The van der Waals surface area contributed by atoms with Crippen LogP contribution in [-0.2, 0) is 0 Å². The number of hydrogen-bond donors (Lipinski definition) is 0. The van der Waals surface area contributed by atoms with E-state index in [1.165, 1.54) is 5.56 Å². The Kier molecular flexibility index (Phi) is 2.68. The van der Waals surface area contributed by atoms with Crippen molar-refractivity contribution in [3.05, 3.63) is 48.3 Å². The summed E-state index contributed by atoms with van der Waals surface area (Å²) in [7, 11) is 1.65. The Morgan fingerprint density at radius 3 is 2.53 bits per heavy atom. The van der Waals surface area contributed by atoms with Crippen LogP contribution in [0.25, 0.3) is 11.1 Å². The monoisotopic (exact) mass is 199 g/mol. The minimum atomic E-state index is 0.791. The Morgan fingerprint density at radius 1 is 1.13 bits per heavy atom. The fourth-order valence-corrected chi connectivity index (χ4v) is 1.54. The molecule has 15 heavy (non-hydrogen) atoms. The molecule has 2 heteroatoms. The molecule has 1 aromatic carbocycles. The van der Waals surface area contributed by atoms with Gasteiger partial charge in [0.2, 0.25) is 0 Å². The molecule has 2 rings (SSSR count). The third-order valence-corrected chi connectivity index (χ3v) is 2.38. The van der Waals surface area contributed by atoms with Crippen molar-refractivity contribution in [1.29, 1.82) is 0 Å². The van der Waals surface area contributed by atoms with Crippen LogP contribution in [0.15, 0.2) is 42.6 Å². The summed E-state index contributed by atoms with van der Waals surface area (Å²) in [6, 6.07) is 12.2. The van der Waals surface area contributed by atoms with Gasteiger partial charge in [-0.05, 0) is 18.6 Å². The highest BCUT2D eigenvalue weighted by atomic mass is 16.5. The van der Waals surface area contributed by atoms with Gasteiger partial charge in [-0.15, -0.1) is 0 Å². The number of methoxy groups -OCH3 is 1. The summed E-state index contributed by atoms with van der Waals surface area (Å²) in [5, 5.41) is 0. The van der Waals surface area contributed by atoms with E-state index in [0.717, 1.165) is 17.0 Å². The van der Waals surface area contributed by atoms with E-state index in [4.69, 9.17) is 4.74 Å². The predicted octanol–water partition coefficient (Wildman–Crippen LogP) is 3.07. The molecule has 2 aromatic rings. The van der Waals surface area contributed by atoms with E-state index in [9.17, 15) is 0 Å². The summed E-state index contributed by atoms with van der Waals surface area (Å²) >= 11 is 0. The summed E-state index contributed by atoms with van der Waals surface area (Å²) in [5.41, 5.74) is 3.30. The number of nitrogens with zero attached hydrogens (tertiary/aromatic N) is 1. The predicted molar refractivity (Wildman–Crippen MR) is 61.0 cm³/mol. The molecule has 1 aromatic heterocycles. The number of ether oxygens (including phenoxy) is 1. The molecule has 0 bridgehead atoms. The van der Waals surface area contributed by atoms with Gasteiger partial charge in [0.15, 0.2) is 0 Å². The van der Waals surface area contributed by atoms with Crippen molar-refractivity contribution in [2.75, 3.05) is 7.11 Å². The standard InChI is InChI=1S/C13H13NO/c1-10-13(8-12(15-2)9-14-10)11-6-4-3-5-7-11/h3-9H,1-2H3. The second-order valence-corrected chi connectivity index (χ2v) is 3.37. The number of aryl methyl sites for hydroxylation is 1. The van der Waals surface area contributed by atoms with Crippen LogP contribution in [0.1, 0.15) is 5.69 Å². The second-order valence-electron chi connectivity index (χ2n) is 3.37. The molecular formula is C13H13NO. The van der Waals surface area contributed by atoms with E-state index in [-0.39, 0.29) is 0 Å². The van der Waals surface area contributed by atoms with Gasteiger partial charge in [-0.25, -0.2) is 0 Å². The normalized spacial score (nSPS) is 10.0. The lowest BCUT2D eigenvalue weighted by molar-refractivity contribution is 0.413. The molecule has 76 valence electrons. The minimum Gasteiger partial charge on any atom is -0.495 e. The van der Waals surface area contributed by atoms with Crippen molar-refractivity contribution in [3.63, 3.8) is 0 Å². The molecule has 0 spiro atoms. The lowest BCUT2D eigenvalue weighted by atomic mass is 10.0. The fourth-order valence-electron chi connectivity index (χ4n) is 1.54. The van der Waals surface area contributed by atoms with Gasteiger partial charge in [-0.3, -0.25) is 4.98 Å². The molecule has 0 aliphatic carbocycles. The summed E-state index contributed by atoms with van der Waals surface area (Å²) in [6.07, 6.45) is 1.74. The Morgan fingerprint density at radius 2 is 1.87 bits per heavy atom. The van der Waals surface area contributed by atoms with Crippen LogP contribution in [0.2, 0.25) is 0 Å². The van der Waals surface area contributed by atoms with Crippen molar-refractivity contribution in [2.24, 2.45) is 0 Å². The first-order valence-corrected chi connectivity index (χ1v) is 4.87. The summed E-state index contributed by atoms with van der Waals surface area (Å²) < 4.78 is 5.17. The zero-order valence-corrected chi connectivity index (χ0v) is 8.90. The molecule has 0 aliphatic rings. The van der Waals surface area contributed by atoms with Crippen LogP contribution in [0.4, 0.5) is 0 Å². The molecule has 0 radical (unpaired) electrons. The highest BCUT2D eigenvalue weighted by Crippen LogP contribution is 2.25. The van der Waals surface area contributed by atoms with Gasteiger partial charge in [0.1, 0.15) is 5.75 Å². The lowest BCUT2D eigenvalue weighted by Gasteiger charge is -2.07. The molecule has 0 saturated carbocycles. The van der Waals surface area contributed by atoms with Crippen LogP contribution < -0.4 is 4.74 Å². The van der Waals surface area contributed by atoms with Gasteiger partial charge in [-0.1, -0.05) is 30.3 Å². The van der Waals surface area contributed by atoms with E-state index in [2.05, 4.69) is 17.1 Å². The Balaban J connectivity index is 2.52. The molecule has 0 amide bonds. The number of pyridine rings is 1. The van der Waals surface area contributed by atoms with Crippen molar-refractivity contribution < 1.29 is 4.74 Å². The van der Waals surface area contributed by atoms with Crippen LogP contribution in [0, 0.1) is 6.92 Å². The molecule has 0 saturated heterocycles. The molecule has 0 N–H and O–H groups in total. The van der Waals surface area contributed by atoms with Crippen molar-refractivity contribution in [3.8, 4) is 16.9 Å². The van der Waals surface area contributed by atoms with E-state index < -0.39 is 0 Å². The van der Waals surface area contributed by atoms with Gasteiger partial charge >= 0.3 is 0 Å². The Labute approximate surface area is 89.6 Å². The maximum Gasteiger partial charge on any atom is 0.137 e. The van der Waals surface area contributed by atoms with Gasteiger partial charge in [-0.2, -0.15) is 0 Å². The van der Waals surface area contributed by atoms with Crippen molar-refractivity contribution in [1.82, 2.24) is 4.98 Å². The van der Waals surface area contributed by atoms with E-state index >= 15 is 0 Å². The summed E-state index contributed by atoms with van der Waals surface area (Å²) in [5.74, 6) is 0.791. The SMILES string of the molecule is COc1cnc(C)c(-c2ccccc2)c1. The molecule has 0 aliphatic heterocycles. The molecular weight excluding hydrogens is 186 g/mol. The number of benzene rings is 1. The molecule has 0 atom stereocenters. The summed E-state index contributed by atoms with van der Waals surface area (Å²) in [6.45, 7) is 2.00. The third kappa shape index (κ3) is 1.99. The Hall–Kier alpha value is -1.83. The molecule has 0 unspecified atom stereocenters. The van der Waals surface area contributed by atoms with E-state index in [1.807, 2.05) is 31.2 Å². The van der Waals surface area contributed by atoms with Gasteiger partial charge in [0.05, 0.1) is 13.3 Å². The first-order valence-electron chi connectivity index (χ1n) is 4.87. The zero-order valence-electron chi connectivity index (χ0n) is 8.90. The van der Waals surface area contributed by atoms with Crippen LogP contribution in [-0.4, -0.2) is 12.1 Å². The summed E-state index contributed by atoms with van der Waals surface area (Å²) in [4.78, 5) is 4.30. The largest absolute Gasteiger partial charge is 0.495 e. The molecule has 0 fully saturated rings. The molecule has 2 nitrogen and oxygen atoms in total. The zero-order chi connectivity index (χ0) is 10.7. The van der Waals surface area contributed by atoms with Crippen LogP contribution >= 0.6 is 0 Å². The average molecular weight is 199 g/mol. The van der Waals surface area contributed by atoms with Gasteiger partial charge in [0, 0.05) is 11.3 Å². The number of rotatable bonds is 2. The average Bonchev–Trinajstić information content (AvgIpc) is 2.31. The van der Waals surface area contributed by atoms with Crippen molar-refractivity contribution in [2.45, 2.75) is 6.92 Å². The fraction of sp³-hybridized carbons (Fsp3) is 0.154. The highest BCUT2D eigenvalue weighted by Gasteiger charge is 2.03. The molecule has 1 heterocycles.